The first kappa shape index (κ1) is 16.6. The number of anilines is 1. The first-order valence-electron chi connectivity index (χ1n) is 7.13. The number of carbonyl (C=O) groups excluding carboxylic acids is 1. The first-order chi connectivity index (χ1) is 10.4. The summed E-state index contributed by atoms with van der Waals surface area (Å²) in [5.74, 6) is 0.619. The van der Waals surface area contributed by atoms with Gasteiger partial charge in [-0.05, 0) is 62.6 Å². The van der Waals surface area contributed by atoms with Crippen LogP contribution in [-0.2, 0) is 4.79 Å². The second-order valence-electron chi connectivity index (χ2n) is 5.53. The lowest BCUT2D eigenvalue weighted by Crippen LogP contribution is -2.20. The van der Waals surface area contributed by atoms with Crippen molar-refractivity contribution in [1.29, 1.82) is 0 Å². The molecule has 0 fully saturated rings. The fourth-order valence-electron chi connectivity index (χ4n) is 2.45. The molecule has 0 aromatic heterocycles. The number of hydrogen-bond donors (Lipinski definition) is 1. The Morgan fingerprint density at radius 2 is 1.68 bits per heavy atom. The number of nitrogens with one attached hydrogen (secondary N) is 1. The third-order valence-electron chi connectivity index (χ3n) is 3.39. The van der Waals surface area contributed by atoms with Crippen LogP contribution in [0.15, 0.2) is 34.8 Å². The van der Waals surface area contributed by atoms with Gasteiger partial charge in [-0.25, -0.2) is 0 Å². The van der Waals surface area contributed by atoms with Gasteiger partial charge in [0.2, 0.25) is 0 Å². The van der Waals surface area contributed by atoms with E-state index in [-0.39, 0.29) is 12.5 Å². The Morgan fingerprint density at radius 3 is 2.27 bits per heavy atom. The minimum absolute atomic E-state index is 0.000146. The van der Waals surface area contributed by atoms with Gasteiger partial charge < -0.3 is 10.1 Å². The van der Waals surface area contributed by atoms with Crippen molar-refractivity contribution in [3.05, 3.63) is 57.1 Å². The molecule has 2 aromatic carbocycles. The van der Waals surface area contributed by atoms with Crippen LogP contribution in [0.5, 0.6) is 5.75 Å². The molecule has 0 aliphatic heterocycles. The lowest BCUT2D eigenvalue weighted by molar-refractivity contribution is -0.118. The maximum absolute atomic E-state index is 12.0. The monoisotopic (exact) mass is 361 g/mol. The van der Waals surface area contributed by atoms with Crippen LogP contribution in [0.3, 0.4) is 0 Å². The fourth-order valence-corrected chi connectivity index (χ4v) is 2.70. The molecule has 116 valence electrons. The summed E-state index contributed by atoms with van der Waals surface area (Å²) in [7, 11) is 0. The van der Waals surface area contributed by atoms with Crippen molar-refractivity contribution in [3.8, 4) is 5.75 Å². The maximum Gasteiger partial charge on any atom is 0.262 e. The molecule has 22 heavy (non-hydrogen) atoms. The maximum atomic E-state index is 12.0. The van der Waals surface area contributed by atoms with Gasteiger partial charge in [-0.2, -0.15) is 0 Å². The van der Waals surface area contributed by atoms with E-state index in [9.17, 15) is 4.79 Å². The molecule has 1 amide bonds. The molecular weight excluding hydrogens is 342 g/mol. The largest absolute Gasteiger partial charge is 0.483 e. The van der Waals surface area contributed by atoms with Crippen LogP contribution in [0.2, 0.25) is 0 Å². The van der Waals surface area contributed by atoms with E-state index in [0.717, 1.165) is 32.6 Å². The van der Waals surface area contributed by atoms with Gasteiger partial charge in [0.05, 0.1) is 0 Å². The molecule has 0 spiro atoms. The molecule has 0 aliphatic carbocycles. The van der Waals surface area contributed by atoms with Gasteiger partial charge in [-0.1, -0.05) is 33.6 Å². The summed E-state index contributed by atoms with van der Waals surface area (Å²) in [5, 5.41) is 2.85. The predicted molar refractivity (Wildman–Crippen MR) is 93.7 cm³/mol. The molecule has 0 unspecified atom stereocenters. The lowest BCUT2D eigenvalue weighted by atomic mass is 10.1. The van der Waals surface area contributed by atoms with Gasteiger partial charge >= 0.3 is 0 Å². The van der Waals surface area contributed by atoms with Gasteiger partial charge in [-0.15, -0.1) is 0 Å². The van der Waals surface area contributed by atoms with Crippen molar-refractivity contribution in [1.82, 2.24) is 0 Å². The molecule has 0 atom stereocenters. The van der Waals surface area contributed by atoms with Crippen molar-refractivity contribution in [2.75, 3.05) is 11.9 Å². The average Bonchev–Trinajstić information content (AvgIpc) is 2.41. The van der Waals surface area contributed by atoms with Gasteiger partial charge in [0.25, 0.3) is 5.91 Å². The minimum Gasteiger partial charge on any atom is -0.483 e. The summed E-state index contributed by atoms with van der Waals surface area (Å²) >= 11 is 3.44. The third-order valence-corrected chi connectivity index (χ3v) is 4.28. The number of rotatable bonds is 4. The van der Waals surface area contributed by atoms with Crippen LogP contribution in [0.4, 0.5) is 5.69 Å². The Kier molecular flexibility index (Phi) is 5.24. The summed E-state index contributed by atoms with van der Waals surface area (Å²) in [6.45, 7) is 8.01. The van der Waals surface area contributed by atoms with Gasteiger partial charge in [0.1, 0.15) is 5.75 Å². The number of amides is 1. The topological polar surface area (TPSA) is 38.3 Å². The molecule has 2 rings (SSSR count). The van der Waals surface area contributed by atoms with Gasteiger partial charge in [0.15, 0.2) is 6.61 Å². The molecule has 0 heterocycles. The Bertz CT molecular complexity index is 687. The molecule has 3 nitrogen and oxygen atoms in total. The first-order valence-corrected chi connectivity index (χ1v) is 7.93. The SMILES string of the molecule is Cc1cc(C)c(OCC(=O)Nc2ccc(Br)c(C)c2)c(C)c1. The second-order valence-corrected chi connectivity index (χ2v) is 6.38. The normalized spacial score (nSPS) is 10.4. The number of hydrogen-bond acceptors (Lipinski definition) is 2. The Labute approximate surface area is 139 Å². The second kappa shape index (κ2) is 6.97. The summed E-state index contributed by atoms with van der Waals surface area (Å²) in [4.78, 5) is 12.0. The van der Waals surface area contributed by atoms with Gasteiger partial charge in [0, 0.05) is 10.2 Å². The number of ether oxygens (including phenoxy) is 1. The summed E-state index contributed by atoms with van der Waals surface area (Å²) in [5.41, 5.74) is 5.13. The smallest absolute Gasteiger partial charge is 0.262 e. The molecule has 4 heteroatoms. The predicted octanol–water partition coefficient (Wildman–Crippen LogP) is 4.70. The summed E-state index contributed by atoms with van der Waals surface area (Å²) in [6, 6.07) is 9.80. The van der Waals surface area contributed by atoms with Crippen molar-refractivity contribution in [2.24, 2.45) is 0 Å². The molecule has 0 aliphatic rings. The molecule has 2 aromatic rings. The molecule has 0 saturated heterocycles. The zero-order chi connectivity index (χ0) is 16.3. The number of carbonyl (C=O) groups is 1. The van der Waals surface area contributed by atoms with Crippen LogP contribution >= 0.6 is 15.9 Å². The highest BCUT2D eigenvalue weighted by molar-refractivity contribution is 9.10. The van der Waals surface area contributed by atoms with Crippen molar-refractivity contribution >= 4 is 27.5 Å². The summed E-state index contributed by atoms with van der Waals surface area (Å²) < 4.78 is 6.71. The lowest BCUT2D eigenvalue weighted by Gasteiger charge is -2.13. The third kappa shape index (κ3) is 4.10. The zero-order valence-electron chi connectivity index (χ0n) is 13.3. The van der Waals surface area contributed by atoms with E-state index < -0.39 is 0 Å². The fraction of sp³-hybridized carbons (Fsp3) is 0.278. The standard InChI is InChI=1S/C18H20BrNO2/c1-11-7-13(3)18(14(4)8-11)22-10-17(21)20-15-5-6-16(19)12(2)9-15/h5-9H,10H2,1-4H3,(H,20,21). The van der Waals surface area contributed by atoms with E-state index in [4.69, 9.17) is 4.74 Å². The van der Waals surface area contributed by atoms with Crippen LogP contribution in [0, 0.1) is 27.7 Å². The van der Waals surface area contributed by atoms with Crippen LogP contribution in [-0.4, -0.2) is 12.5 Å². The quantitative estimate of drug-likeness (QED) is 0.856. The molecular formula is C18H20BrNO2. The highest BCUT2D eigenvalue weighted by Gasteiger charge is 2.09. The van der Waals surface area contributed by atoms with E-state index in [1.54, 1.807) is 0 Å². The van der Waals surface area contributed by atoms with Gasteiger partial charge in [-0.3, -0.25) is 4.79 Å². The van der Waals surface area contributed by atoms with E-state index in [1.807, 2.05) is 45.9 Å². The van der Waals surface area contributed by atoms with E-state index in [1.165, 1.54) is 5.56 Å². The van der Waals surface area contributed by atoms with E-state index >= 15 is 0 Å². The van der Waals surface area contributed by atoms with E-state index in [2.05, 4.69) is 33.4 Å². The summed E-state index contributed by atoms with van der Waals surface area (Å²) in [6.07, 6.45) is 0. The Hall–Kier alpha value is -1.81. The minimum atomic E-state index is -0.166. The van der Waals surface area contributed by atoms with Crippen LogP contribution in [0.1, 0.15) is 22.3 Å². The number of benzene rings is 2. The molecule has 0 radical (unpaired) electrons. The molecule has 0 bridgehead atoms. The van der Waals surface area contributed by atoms with Crippen LogP contribution < -0.4 is 10.1 Å². The Balaban J connectivity index is 2.00. The number of halogens is 1. The molecule has 0 saturated carbocycles. The highest BCUT2D eigenvalue weighted by Crippen LogP contribution is 2.24. The van der Waals surface area contributed by atoms with Crippen LogP contribution in [0.25, 0.3) is 0 Å². The molecule has 1 N–H and O–H groups in total. The highest BCUT2D eigenvalue weighted by atomic mass is 79.9. The number of aryl methyl sites for hydroxylation is 4. The van der Waals surface area contributed by atoms with Crippen molar-refractivity contribution in [3.63, 3.8) is 0 Å². The van der Waals surface area contributed by atoms with Crippen molar-refractivity contribution in [2.45, 2.75) is 27.7 Å². The van der Waals surface area contributed by atoms with E-state index in [0.29, 0.717) is 0 Å². The average molecular weight is 362 g/mol. The van der Waals surface area contributed by atoms with Crippen molar-refractivity contribution < 1.29 is 9.53 Å². The Morgan fingerprint density at radius 1 is 1.05 bits per heavy atom. The zero-order valence-corrected chi connectivity index (χ0v) is 14.9.